The van der Waals surface area contributed by atoms with Gasteiger partial charge < -0.3 is 15.2 Å². The number of anilines is 1. The van der Waals surface area contributed by atoms with Gasteiger partial charge in [0.25, 0.3) is 0 Å². The normalized spacial score (nSPS) is 25.5. The molecule has 3 saturated heterocycles. The predicted octanol–water partition coefficient (Wildman–Crippen LogP) is 3.25. The van der Waals surface area contributed by atoms with Crippen LogP contribution in [0, 0.1) is 17.8 Å². The number of aliphatic hydroxyl groups is 1. The summed E-state index contributed by atoms with van der Waals surface area (Å²) >= 11 is 0. The highest BCUT2D eigenvalue weighted by Gasteiger charge is 2.44. The molecular weight excluding hydrogens is 352 g/mol. The number of ether oxygens (including phenoxy) is 1. The minimum atomic E-state index is -0.888. The molecule has 0 radical (unpaired) electrons. The first-order valence-electron chi connectivity index (χ1n) is 9.64. The lowest BCUT2D eigenvalue weighted by atomic mass is 9.76. The third-order valence-electron chi connectivity index (χ3n) is 5.42. The molecule has 0 aromatic heterocycles. The quantitative estimate of drug-likeness (QED) is 0.808. The van der Waals surface area contributed by atoms with Crippen molar-refractivity contribution < 1.29 is 14.6 Å². The van der Waals surface area contributed by atoms with Crippen molar-refractivity contribution in [1.82, 2.24) is 4.90 Å². The average Bonchev–Trinajstić information content (AvgIpc) is 2.69. The Balaban J connectivity index is 1.40. The number of hydrogen-bond acceptors (Lipinski definition) is 4. The summed E-state index contributed by atoms with van der Waals surface area (Å²) in [5.74, 6) is 7.84. The van der Waals surface area contributed by atoms with E-state index < -0.39 is 5.60 Å². The van der Waals surface area contributed by atoms with Crippen LogP contribution in [0.1, 0.15) is 25.3 Å². The minimum absolute atomic E-state index is 0.103. The lowest BCUT2D eigenvalue weighted by Crippen LogP contribution is -2.58. The van der Waals surface area contributed by atoms with Crippen LogP contribution in [-0.2, 0) is 4.79 Å². The van der Waals surface area contributed by atoms with Gasteiger partial charge in [0, 0.05) is 30.6 Å². The Labute approximate surface area is 165 Å². The standard InChI is InChI=1S/C23H24N2O3/c1-17(26)24-20-4-8-22(9-5-20)28-21-6-2-18(3-7-21)10-13-23(27)16-25-14-11-19(23)12-15-25/h2-9,19,27H,11-12,14-16H2,1H3,(H,24,26)/t23-/m0/s1. The zero-order chi connectivity index (χ0) is 19.6. The molecule has 0 unspecified atom stereocenters. The summed E-state index contributed by atoms with van der Waals surface area (Å²) in [6, 6.07) is 14.7. The molecule has 5 nitrogen and oxygen atoms in total. The molecule has 1 atom stereocenters. The first kappa shape index (κ1) is 18.5. The minimum Gasteiger partial charge on any atom is -0.457 e. The molecule has 3 aliphatic heterocycles. The molecular formula is C23H24N2O3. The summed E-state index contributed by atoms with van der Waals surface area (Å²) in [6.07, 6.45) is 2.05. The SMILES string of the molecule is CC(=O)Nc1ccc(Oc2ccc(C#C[C@]3(O)CN4CCC3CC4)cc2)cc1. The van der Waals surface area contributed by atoms with Crippen molar-refractivity contribution in [3.8, 4) is 23.3 Å². The largest absolute Gasteiger partial charge is 0.457 e. The molecule has 144 valence electrons. The molecule has 3 fully saturated rings. The van der Waals surface area contributed by atoms with Crippen molar-refractivity contribution in [3.05, 3.63) is 54.1 Å². The molecule has 28 heavy (non-hydrogen) atoms. The van der Waals surface area contributed by atoms with Gasteiger partial charge in [-0.2, -0.15) is 0 Å². The Hall–Kier alpha value is -2.81. The Morgan fingerprint density at radius 2 is 1.71 bits per heavy atom. The number of fused-ring (bicyclic) bond motifs is 3. The number of nitrogens with one attached hydrogen (secondary N) is 1. The van der Waals surface area contributed by atoms with Crippen LogP contribution in [0.15, 0.2) is 48.5 Å². The van der Waals surface area contributed by atoms with E-state index in [4.69, 9.17) is 4.74 Å². The number of benzene rings is 2. The highest BCUT2D eigenvalue weighted by Crippen LogP contribution is 2.35. The highest BCUT2D eigenvalue weighted by atomic mass is 16.5. The Morgan fingerprint density at radius 3 is 2.25 bits per heavy atom. The second-order valence-electron chi connectivity index (χ2n) is 7.56. The highest BCUT2D eigenvalue weighted by molar-refractivity contribution is 5.88. The van der Waals surface area contributed by atoms with Crippen molar-refractivity contribution >= 4 is 11.6 Å². The average molecular weight is 376 g/mol. The van der Waals surface area contributed by atoms with Crippen molar-refractivity contribution in [2.75, 3.05) is 25.0 Å². The first-order valence-corrected chi connectivity index (χ1v) is 9.64. The molecule has 1 amide bonds. The van der Waals surface area contributed by atoms with Gasteiger partial charge >= 0.3 is 0 Å². The Kier molecular flexibility index (Phi) is 5.08. The van der Waals surface area contributed by atoms with E-state index in [9.17, 15) is 9.90 Å². The molecule has 2 N–H and O–H groups in total. The van der Waals surface area contributed by atoms with E-state index in [1.807, 2.05) is 36.4 Å². The van der Waals surface area contributed by atoms with Gasteiger partial charge in [0.15, 0.2) is 0 Å². The number of carbonyl (C=O) groups is 1. The third-order valence-corrected chi connectivity index (χ3v) is 5.42. The van der Waals surface area contributed by atoms with Gasteiger partial charge in [-0.25, -0.2) is 0 Å². The molecule has 2 bridgehead atoms. The smallest absolute Gasteiger partial charge is 0.221 e. The maximum atomic E-state index is 11.1. The van der Waals surface area contributed by atoms with Crippen LogP contribution < -0.4 is 10.1 Å². The van der Waals surface area contributed by atoms with E-state index in [0.29, 0.717) is 18.0 Å². The monoisotopic (exact) mass is 376 g/mol. The number of piperidine rings is 3. The van der Waals surface area contributed by atoms with E-state index >= 15 is 0 Å². The second kappa shape index (κ2) is 7.67. The molecule has 0 aliphatic carbocycles. The number of rotatable bonds is 3. The summed E-state index contributed by atoms with van der Waals surface area (Å²) in [4.78, 5) is 13.4. The summed E-state index contributed by atoms with van der Waals surface area (Å²) in [5.41, 5.74) is 0.704. The van der Waals surface area contributed by atoms with Gasteiger partial charge in [-0.1, -0.05) is 11.8 Å². The van der Waals surface area contributed by atoms with Gasteiger partial charge in [-0.3, -0.25) is 9.69 Å². The lowest BCUT2D eigenvalue weighted by molar-refractivity contribution is -0.114. The molecule has 2 aromatic rings. The number of hydrogen-bond donors (Lipinski definition) is 2. The molecule has 5 heteroatoms. The van der Waals surface area contributed by atoms with E-state index in [-0.39, 0.29) is 11.8 Å². The van der Waals surface area contributed by atoms with Gasteiger partial charge in [-0.15, -0.1) is 0 Å². The number of nitrogens with zero attached hydrogens (tertiary/aromatic N) is 1. The Bertz CT molecular complexity index is 904. The predicted molar refractivity (Wildman–Crippen MR) is 108 cm³/mol. The number of amides is 1. The van der Waals surface area contributed by atoms with Gasteiger partial charge in [-0.05, 0) is 74.5 Å². The van der Waals surface area contributed by atoms with Crippen LogP contribution in [0.4, 0.5) is 5.69 Å². The summed E-state index contributed by atoms with van der Waals surface area (Å²) < 4.78 is 5.83. The fraction of sp³-hybridized carbons (Fsp3) is 0.348. The van der Waals surface area contributed by atoms with Crippen LogP contribution in [0.5, 0.6) is 11.5 Å². The fourth-order valence-electron chi connectivity index (χ4n) is 3.91. The second-order valence-corrected chi connectivity index (χ2v) is 7.56. The van der Waals surface area contributed by atoms with E-state index in [1.165, 1.54) is 6.92 Å². The zero-order valence-electron chi connectivity index (χ0n) is 15.9. The van der Waals surface area contributed by atoms with Crippen LogP contribution in [0.2, 0.25) is 0 Å². The lowest BCUT2D eigenvalue weighted by Gasteiger charge is -2.47. The van der Waals surface area contributed by atoms with Crippen LogP contribution >= 0.6 is 0 Å². The van der Waals surface area contributed by atoms with E-state index in [0.717, 1.165) is 37.2 Å². The molecule has 2 aromatic carbocycles. The maximum absolute atomic E-state index is 11.1. The van der Waals surface area contributed by atoms with Crippen molar-refractivity contribution in [2.24, 2.45) is 5.92 Å². The molecule has 5 rings (SSSR count). The zero-order valence-corrected chi connectivity index (χ0v) is 15.9. The molecule has 0 saturated carbocycles. The first-order chi connectivity index (χ1) is 13.5. The fourth-order valence-corrected chi connectivity index (χ4v) is 3.91. The summed E-state index contributed by atoms with van der Waals surface area (Å²) in [5, 5.41) is 13.6. The van der Waals surface area contributed by atoms with Crippen LogP contribution in [-0.4, -0.2) is 41.1 Å². The van der Waals surface area contributed by atoms with Crippen LogP contribution in [0.25, 0.3) is 0 Å². The van der Waals surface area contributed by atoms with E-state index in [2.05, 4.69) is 22.1 Å². The summed E-state index contributed by atoms with van der Waals surface area (Å²) in [6.45, 7) is 4.28. The third kappa shape index (κ3) is 4.19. The van der Waals surface area contributed by atoms with Gasteiger partial charge in [0.1, 0.15) is 17.1 Å². The topological polar surface area (TPSA) is 61.8 Å². The summed E-state index contributed by atoms with van der Waals surface area (Å²) in [7, 11) is 0. The van der Waals surface area contributed by atoms with Crippen LogP contribution in [0.3, 0.4) is 0 Å². The molecule has 0 spiro atoms. The van der Waals surface area contributed by atoms with Crippen molar-refractivity contribution in [3.63, 3.8) is 0 Å². The number of carbonyl (C=O) groups excluding carboxylic acids is 1. The molecule has 3 aliphatic rings. The van der Waals surface area contributed by atoms with Crippen molar-refractivity contribution in [1.29, 1.82) is 0 Å². The van der Waals surface area contributed by atoms with Crippen molar-refractivity contribution in [2.45, 2.75) is 25.4 Å². The maximum Gasteiger partial charge on any atom is 0.221 e. The van der Waals surface area contributed by atoms with E-state index in [1.54, 1.807) is 12.1 Å². The van der Waals surface area contributed by atoms with Gasteiger partial charge in [0.05, 0.1) is 0 Å². The Morgan fingerprint density at radius 1 is 1.11 bits per heavy atom. The van der Waals surface area contributed by atoms with Gasteiger partial charge in [0.2, 0.25) is 5.91 Å². The molecule has 3 heterocycles.